The summed E-state index contributed by atoms with van der Waals surface area (Å²) in [6, 6.07) is 0. The van der Waals surface area contributed by atoms with E-state index in [1.807, 2.05) is 6.92 Å². The maximum atomic E-state index is 11.3. The van der Waals surface area contributed by atoms with Gasteiger partial charge in [0.25, 0.3) is 0 Å². The van der Waals surface area contributed by atoms with Crippen LogP contribution >= 0.6 is 0 Å². The Balaban J connectivity index is 3.68. The van der Waals surface area contributed by atoms with Gasteiger partial charge in [0.15, 0.2) is 5.78 Å². The van der Waals surface area contributed by atoms with Crippen LogP contribution in [0.5, 0.6) is 0 Å². The molecule has 0 saturated heterocycles. The normalized spacial score (nSPS) is 11.9. The fraction of sp³-hybridized carbons (Fsp3) is 0.769. The van der Waals surface area contributed by atoms with Crippen LogP contribution in [0.2, 0.25) is 0 Å². The van der Waals surface area contributed by atoms with Crippen LogP contribution in [0.4, 0.5) is 0 Å². The monoisotopic (exact) mass is 258 g/mol. The van der Waals surface area contributed by atoms with Crippen molar-refractivity contribution >= 4 is 17.5 Å². The van der Waals surface area contributed by atoms with E-state index in [1.165, 1.54) is 6.92 Å². The van der Waals surface area contributed by atoms with E-state index in [9.17, 15) is 14.4 Å². The van der Waals surface area contributed by atoms with Gasteiger partial charge in [-0.3, -0.25) is 9.59 Å². The highest BCUT2D eigenvalue weighted by molar-refractivity contribution is 5.85. The van der Waals surface area contributed by atoms with Crippen LogP contribution in [0.3, 0.4) is 0 Å². The number of hydrogen-bond donors (Lipinski definition) is 0. The molecule has 1 unspecified atom stereocenters. The molecule has 5 nitrogen and oxygen atoms in total. The van der Waals surface area contributed by atoms with Gasteiger partial charge in [-0.05, 0) is 20.3 Å². The second-order valence-electron chi connectivity index (χ2n) is 4.29. The molecule has 0 aliphatic rings. The molecular weight excluding hydrogens is 236 g/mol. The molecule has 0 aromatic rings. The molecule has 1 atom stereocenters. The Morgan fingerprint density at radius 2 is 1.83 bits per heavy atom. The van der Waals surface area contributed by atoms with Gasteiger partial charge in [-0.15, -0.1) is 0 Å². The average molecular weight is 258 g/mol. The van der Waals surface area contributed by atoms with Crippen LogP contribution in [-0.4, -0.2) is 36.9 Å². The largest absolute Gasteiger partial charge is 0.466 e. The Morgan fingerprint density at radius 3 is 2.39 bits per heavy atom. The molecule has 104 valence electrons. The molecular formula is C13H22O5. The second kappa shape index (κ2) is 9.76. The summed E-state index contributed by atoms with van der Waals surface area (Å²) in [6.07, 6.45) is 1.01. The number of ketones is 2. The van der Waals surface area contributed by atoms with Crippen molar-refractivity contribution in [1.29, 1.82) is 0 Å². The van der Waals surface area contributed by atoms with E-state index in [1.54, 1.807) is 6.92 Å². The summed E-state index contributed by atoms with van der Waals surface area (Å²) in [6.45, 7) is 5.42. The lowest BCUT2D eigenvalue weighted by atomic mass is 10.2. The number of hydrogen-bond acceptors (Lipinski definition) is 5. The second-order valence-corrected chi connectivity index (χ2v) is 4.29. The summed E-state index contributed by atoms with van der Waals surface area (Å²) in [5.74, 6) is -0.459. The molecule has 0 aromatic heterocycles. The molecule has 18 heavy (non-hydrogen) atoms. The number of esters is 1. The zero-order chi connectivity index (χ0) is 14.0. The average Bonchev–Trinajstić information content (AvgIpc) is 2.31. The molecule has 0 aromatic carbocycles. The number of carbonyl (C=O) groups is 3. The van der Waals surface area contributed by atoms with Crippen LogP contribution in [-0.2, 0) is 23.9 Å². The molecule has 0 bridgehead atoms. The van der Waals surface area contributed by atoms with Crippen molar-refractivity contribution in [2.24, 2.45) is 0 Å². The third-order valence-electron chi connectivity index (χ3n) is 2.21. The smallest absolute Gasteiger partial charge is 0.308 e. The van der Waals surface area contributed by atoms with E-state index < -0.39 is 0 Å². The highest BCUT2D eigenvalue weighted by Gasteiger charge is 2.12. The maximum Gasteiger partial charge on any atom is 0.308 e. The molecule has 0 N–H and O–H groups in total. The van der Waals surface area contributed by atoms with Crippen molar-refractivity contribution in [3.8, 4) is 0 Å². The minimum Gasteiger partial charge on any atom is -0.466 e. The molecule has 5 heteroatoms. The van der Waals surface area contributed by atoms with E-state index in [0.29, 0.717) is 6.61 Å². The fourth-order valence-electron chi connectivity index (χ4n) is 1.19. The predicted molar refractivity (Wildman–Crippen MR) is 66.2 cm³/mol. The SMILES string of the molecule is CCCOC(=O)CC(C)OCC(=O)CCC(C)=O. The van der Waals surface area contributed by atoms with Crippen molar-refractivity contribution in [3.63, 3.8) is 0 Å². The van der Waals surface area contributed by atoms with Gasteiger partial charge in [-0.25, -0.2) is 0 Å². The Labute approximate surface area is 108 Å². The first-order chi connectivity index (χ1) is 8.45. The van der Waals surface area contributed by atoms with E-state index in [4.69, 9.17) is 9.47 Å². The van der Waals surface area contributed by atoms with Crippen molar-refractivity contribution in [3.05, 3.63) is 0 Å². The molecule has 0 fully saturated rings. The van der Waals surface area contributed by atoms with E-state index >= 15 is 0 Å². The van der Waals surface area contributed by atoms with Crippen molar-refractivity contribution in [2.45, 2.75) is 52.6 Å². The topological polar surface area (TPSA) is 69.7 Å². The van der Waals surface area contributed by atoms with Crippen LogP contribution in [0.1, 0.15) is 46.5 Å². The molecule has 0 spiro atoms. The van der Waals surface area contributed by atoms with Crippen LogP contribution in [0.25, 0.3) is 0 Å². The first-order valence-electron chi connectivity index (χ1n) is 6.24. The minimum absolute atomic E-state index is 0.0143. The van der Waals surface area contributed by atoms with Gasteiger partial charge in [-0.1, -0.05) is 6.92 Å². The van der Waals surface area contributed by atoms with Gasteiger partial charge in [0, 0.05) is 12.8 Å². The number of rotatable bonds is 10. The third-order valence-corrected chi connectivity index (χ3v) is 2.21. The van der Waals surface area contributed by atoms with Gasteiger partial charge in [0.05, 0.1) is 19.1 Å². The molecule has 0 aliphatic heterocycles. The summed E-state index contributed by atoms with van der Waals surface area (Å²) in [5, 5.41) is 0. The van der Waals surface area contributed by atoms with E-state index in [0.717, 1.165) is 6.42 Å². The van der Waals surface area contributed by atoms with Crippen LogP contribution < -0.4 is 0 Å². The quantitative estimate of drug-likeness (QED) is 0.557. The third kappa shape index (κ3) is 9.96. The number of carbonyl (C=O) groups excluding carboxylic acids is 3. The first-order valence-corrected chi connectivity index (χ1v) is 6.24. The van der Waals surface area contributed by atoms with Crippen molar-refractivity contribution in [2.75, 3.05) is 13.2 Å². The Kier molecular flexibility index (Phi) is 9.10. The molecule has 0 aliphatic carbocycles. The van der Waals surface area contributed by atoms with Gasteiger partial charge in [-0.2, -0.15) is 0 Å². The van der Waals surface area contributed by atoms with Crippen molar-refractivity contribution in [1.82, 2.24) is 0 Å². The van der Waals surface area contributed by atoms with Crippen molar-refractivity contribution < 1.29 is 23.9 Å². The number of ether oxygens (including phenoxy) is 2. The lowest BCUT2D eigenvalue weighted by Crippen LogP contribution is -2.20. The Hall–Kier alpha value is -1.23. The predicted octanol–water partition coefficient (Wildman–Crippen LogP) is 1.67. The fourth-order valence-corrected chi connectivity index (χ4v) is 1.19. The van der Waals surface area contributed by atoms with E-state index in [2.05, 4.69) is 0 Å². The summed E-state index contributed by atoms with van der Waals surface area (Å²) in [7, 11) is 0. The van der Waals surface area contributed by atoms with E-state index in [-0.39, 0.29) is 49.5 Å². The molecule has 0 heterocycles. The summed E-state index contributed by atoms with van der Waals surface area (Å²) >= 11 is 0. The van der Waals surface area contributed by atoms with Gasteiger partial charge in [0.2, 0.25) is 0 Å². The van der Waals surface area contributed by atoms with Crippen LogP contribution in [0, 0.1) is 0 Å². The first kappa shape index (κ1) is 16.8. The zero-order valence-electron chi connectivity index (χ0n) is 11.4. The van der Waals surface area contributed by atoms with Gasteiger partial charge >= 0.3 is 5.97 Å². The Bertz CT molecular complexity index is 285. The standard InChI is InChI=1S/C13H22O5/c1-4-7-17-13(16)8-11(3)18-9-12(15)6-5-10(2)14/h11H,4-9H2,1-3H3. The zero-order valence-corrected chi connectivity index (χ0v) is 11.4. The van der Waals surface area contributed by atoms with Gasteiger partial charge < -0.3 is 14.3 Å². The maximum absolute atomic E-state index is 11.3. The molecule has 0 amide bonds. The summed E-state index contributed by atoms with van der Waals surface area (Å²) in [4.78, 5) is 33.2. The van der Waals surface area contributed by atoms with Crippen LogP contribution in [0.15, 0.2) is 0 Å². The lowest BCUT2D eigenvalue weighted by Gasteiger charge is -2.11. The minimum atomic E-state index is -0.351. The molecule has 0 radical (unpaired) electrons. The molecule has 0 rings (SSSR count). The highest BCUT2D eigenvalue weighted by atomic mass is 16.5. The summed E-state index contributed by atoms with van der Waals surface area (Å²) < 4.78 is 10.1. The summed E-state index contributed by atoms with van der Waals surface area (Å²) in [5.41, 5.74) is 0. The molecule has 0 saturated carbocycles. The highest BCUT2D eigenvalue weighted by Crippen LogP contribution is 2.02. The Morgan fingerprint density at radius 1 is 1.17 bits per heavy atom. The lowest BCUT2D eigenvalue weighted by molar-refractivity contribution is -0.147. The number of Topliss-reactive ketones (excluding diaryl/α,β-unsaturated/α-hetero) is 2. The van der Waals surface area contributed by atoms with Gasteiger partial charge in [0.1, 0.15) is 12.4 Å².